The van der Waals surface area contributed by atoms with Crippen LogP contribution in [0.25, 0.3) is 0 Å². The molecule has 0 radical (unpaired) electrons. The third-order valence-electron chi connectivity index (χ3n) is 2.90. The van der Waals surface area contributed by atoms with Crippen LogP contribution in [0.15, 0.2) is 28.7 Å². The van der Waals surface area contributed by atoms with Gasteiger partial charge in [-0.2, -0.15) is 0 Å². The lowest BCUT2D eigenvalue weighted by Gasteiger charge is -2.31. The molecule has 6 heteroatoms. The third-order valence-corrected chi connectivity index (χ3v) is 3.43. The number of hydrogen-bond donors (Lipinski definition) is 1. The summed E-state index contributed by atoms with van der Waals surface area (Å²) in [6.07, 6.45) is 0. The van der Waals surface area contributed by atoms with Gasteiger partial charge in [-0.15, -0.1) is 12.4 Å². The number of nitrogens with one attached hydrogen (secondary N) is 1. The maximum Gasteiger partial charge on any atom is 0.260 e. The molecule has 1 aromatic carbocycles. The van der Waals surface area contributed by atoms with Crippen molar-refractivity contribution in [2.45, 2.75) is 13.0 Å². The Morgan fingerprint density at radius 3 is 2.79 bits per heavy atom. The number of hydrogen-bond acceptors (Lipinski definition) is 3. The lowest BCUT2D eigenvalue weighted by atomic mass is 10.2. The van der Waals surface area contributed by atoms with Crippen LogP contribution < -0.4 is 10.1 Å². The van der Waals surface area contributed by atoms with Crippen LogP contribution in [-0.2, 0) is 4.79 Å². The van der Waals surface area contributed by atoms with E-state index in [1.165, 1.54) is 0 Å². The van der Waals surface area contributed by atoms with E-state index in [0.29, 0.717) is 6.04 Å². The summed E-state index contributed by atoms with van der Waals surface area (Å²) in [7, 11) is 0. The van der Waals surface area contributed by atoms with E-state index < -0.39 is 0 Å². The molecular formula is C13H18BrClN2O2. The monoisotopic (exact) mass is 348 g/mol. The van der Waals surface area contributed by atoms with Crippen molar-refractivity contribution in [1.82, 2.24) is 10.2 Å². The van der Waals surface area contributed by atoms with E-state index in [0.717, 1.165) is 29.9 Å². The molecule has 1 fully saturated rings. The highest BCUT2D eigenvalue weighted by atomic mass is 79.9. The number of carbonyl (C=O) groups is 1. The number of benzene rings is 1. The predicted molar refractivity (Wildman–Crippen MR) is 80.9 cm³/mol. The Morgan fingerprint density at radius 1 is 1.47 bits per heavy atom. The molecule has 1 heterocycles. The first-order chi connectivity index (χ1) is 8.65. The van der Waals surface area contributed by atoms with Crippen molar-refractivity contribution < 1.29 is 9.53 Å². The Morgan fingerprint density at radius 2 is 2.16 bits per heavy atom. The Balaban J connectivity index is 0.00000180. The van der Waals surface area contributed by atoms with Gasteiger partial charge >= 0.3 is 0 Å². The molecular weight excluding hydrogens is 332 g/mol. The fourth-order valence-electron chi connectivity index (χ4n) is 1.93. The van der Waals surface area contributed by atoms with E-state index in [4.69, 9.17) is 4.74 Å². The maximum absolute atomic E-state index is 11.9. The van der Waals surface area contributed by atoms with Crippen molar-refractivity contribution >= 4 is 34.2 Å². The first-order valence-electron chi connectivity index (χ1n) is 6.04. The molecule has 1 atom stereocenters. The first kappa shape index (κ1) is 16.3. The lowest BCUT2D eigenvalue weighted by Crippen LogP contribution is -2.52. The molecule has 1 saturated heterocycles. The zero-order valence-electron chi connectivity index (χ0n) is 10.8. The molecule has 106 valence electrons. The van der Waals surface area contributed by atoms with Crippen LogP contribution in [0.1, 0.15) is 6.92 Å². The fourth-order valence-corrected chi connectivity index (χ4v) is 2.19. The molecule has 1 aromatic rings. The van der Waals surface area contributed by atoms with Gasteiger partial charge in [-0.05, 0) is 31.2 Å². The number of rotatable bonds is 3. The van der Waals surface area contributed by atoms with Gasteiger partial charge in [0, 0.05) is 30.1 Å². The quantitative estimate of drug-likeness (QED) is 0.908. The van der Waals surface area contributed by atoms with Crippen LogP contribution in [-0.4, -0.2) is 43.1 Å². The normalized spacial score (nSPS) is 18.6. The van der Waals surface area contributed by atoms with Crippen LogP contribution in [0.3, 0.4) is 0 Å². The van der Waals surface area contributed by atoms with Gasteiger partial charge in [0.1, 0.15) is 5.75 Å². The summed E-state index contributed by atoms with van der Waals surface area (Å²) >= 11 is 3.36. The molecule has 2 rings (SSSR count). The minimum Gasteiger partial charge on any atom is -0.484 e. The maximum atomic E-state index is 11.9. The van der Waals surface area contributed by atoms with Gasteiger partial charge in [-0.3, -0.25) is 4.79 Å². The molecule has 0 spiro atoms. The number of carbonyl (C=O) groups excluding carboxylic acids is 1. The summed E-state index contributed by atoms with van der Waals surface area (Å²) in [5.41, 5.74) is 0. The average molecular weight is 350 g/mol. The molecule has 1 aliphatic heterocycles. The van der Waals surface area contributed by atoms with Gasteiger partial charge in [0.15, 0.2) is 6.61 Å². The van der Waals surface area contributed by atoms with Gasteiger partial charge in [0.2, 0.25) is 0 Å². The lowest BCUT2D eigenvalue weighted by molar-refractivity contribution is -0.134. The van der Waals surface area contributed by atoms with Crippen molar-refractivity contribution in [3.05, 3.63) is 28.7 Å². The second-order valence-corrected chi connectivity index (χ2v) is 5.35. The zero-order chi connectivity index (χ0) is 13.0. The standard InChI is InChI=1S/C13H17BrN2O2.ClH/c1-10-8-16(7-6-15-10)13(17)9-18-12-4-2-11(14)3-5-12;/h2-5,10,15H,6-9H2,1H3;1H. The van der Waals surface area contributed by atoms with Crippen LogP contribution in [0, 0.1) is 0 Å². The first-order valence-corrected chi connectivity index (χ1v) is 6.84. The van der Waals surface area contributed by atoms with Gasteiger partial charge < -0.3 is 15.0 Å². The average Bonchev–Trinajstić information content (AvgIpc) is 2.38. The molecule has 1 amide bonds. The zero-order valence-corrected chi connectivity index (χ0v) is 13.2. The largest absolute Gasteiger partial charge is 0.484 e. The van der Waals surface area contributed by atoms with Crippen molar-refractivity contribution in [2.75, 3.05) is 26.2 Å². The number of nitrogens with zero attached hydrogens (tertiary/aromatic N) is 1. The van der Waals surface area contributed by atoms with E-state index in [2.05, 4.69) is 28.2 Å². The van der Waals surface area contributed by atoms with E-state index in [1.807, 2.05) is 29.2 Å². The highest BCUT2D eigenvalue weighted by Crippen LogP contribution is 2.16. The summed E-state index contributed by atoms with van der Waals surface area (Å²) in [5, 5.41) is 3.31. The van der Waals surface area contributed by atoms with Crippen molar-refractivity contribution in [1.29, 1.82) is 0 Å². The van der Waals surface area contributed by atoms with E-state index >= 15 is 0 Å². The second-order valence-electron chi connectivity index (χ2n) is 4.44. The highest BCUT2D eigenvalue weighted by molar-refractivity contribution is 9.10. The SMILES string of the molecule is CC1CN(C(=O)COc2ccc(Br)cc2)CCN1.Cl. The number of halogens is 2. The van der Waals surface area contributed by atoms with Gasteiger partial charge in [-0.1, -0.05) is 15.9 Å². The summed E-state index contributed by atoms with van der Waals surface area (Å²) in [5.74, 6) is 0.765. The molecule has 1 N–H and O–H groups in total. The number of ether oxygens (including phenoxy) is 1. The molecule has 0 aromatic heterocycles. The smallest absolute Gasteiger partial charge is 0.260 e. The predicted octanol–water partition coefficient (Wildman–Crippen LogP) is 2.07. The Kier molecular flexibility index (Phi) is 6.62. The fraction of sp³-hybridized carbons (Fsp3) is 0.462. The summed E-state index contributed by atoms with van der Waals surface area (Å²) in [6, 6.07) is 7.84. The van der Waals surface area contributed by atoms with Crippen LogP contribution >= 0.6 is 28.3 Å². The van der Waals surface area contributed by atoms with Gasteiger partial charge in [0.05, 0.1) is 0 Å². The van der Waals surface area contributed by atoms with E-state index in [1.54, 1.807) is 0 Å². The number of amides is 1. The van der Waals surface area contributed by atoms with E-state index in [-0.39, 0.29) is 24.9 Å². The second kappa shape index (κ2) is 7.72. The molecule has 0 bridgehead atoms. The summed E-state index contributed by atoms with van der Waals surface area (Å²) in [6.45, 7) is 4.55. The van der Waals surface area contributed by atoms with Crippen molar-refractivity contribution in [2.24, 2.45) is 0 Å². The Labute approximate surface area is 128 Å². The Bertz CT molecular complexity index is 414. The molecule has 0 saturated carbocycles. The van der Waals surface area contributed by atoms with Gasteiger partial charge in [-0.25, -0.2) is 0 Å². The summed E-state index contributed by atoms with van der Waals surface area (Å²) < 4.78 is 6.48. The van der Waals surface area contributed by atoms with Crippen LogP contribution in [0.4, 0.5) is 0 Å². The van der Waals surface area contributed by atoms with Crippen molar-refractivity contribution in [3.8, 4) is 5.75 Å². The minimum atomic E-state index is 0. The number of piperazine rings is 1. The van der Waals surface area contributed by atoms with E-state index in [9.17, 15) is 4.79 Å². The molecule has 1 aliphatic rings. The summed E-state index contributed by atoms with van der Waals surface area (Å²) in [4.78, 5) is 13.8. The van der Waals surface area contributed by atoms with Gasteiger partial charge in [0.25, 0.3) is 5.91 Å². The Hall–Kier alpha value is -0.780. The van der Waals surface area contributed by atoms with Crippen LogP contribution in [0.5, 0.6) is 5.75 Å². The molecule has 19 heavy (non-hydrogen) atoms. The minimum absolute atomic E-state index is 0. The molecule has 4 nitrogen and oxygen atoms in total. The van der Waals surface area contributed by atoms with Crippen LogP contribution in [0.2, 0.25) is 0 Å². The molecule has 1 unspecified atom stereocenters. The molecule has 0 aliphatic carbocycles. The topological polar surface area (TPSA) is 41.6 Å². The third kappa shape index (κ3) is 5.01. The highest BCUT2D eigenvalue weighted by Gasteiger charge is 2.20. The van der Waals surface area contributed by atoms with Crippen molar-refractivity contribution in [3.63, 3.8) is 0 Å².